The molecule has 2 heterocycles. The number of piperidine rings is 2. The molecule has 0 atom stereocenters. The van der Waals surface area contributed by atoms with E-state index in [0.717, 1.165) is 25.9 Å². The van der Waals surface area contributed by atoms with E-state index in [2.05, 4.69) is 30.6 Å². The summed E-state index contributed by atoms with van der Waals surface area (Å²) in [6, 6.07) is 0.528. The third-order valence-electron chi connectivity index (χ3n) is 4.46. The number of rotatable bonds is 1. The predicted octanol–water partition coefficient (Wildman–Crippen LogP) is 2.98. The molecule has 0 aromatic heterocycles. The summed E-state index contributed by atoms with van der Waals surface area (Å²) in [5.41, 5.74) is 0.236. The van der Waals surface area contributed by atoms with Crippen LogP contribution >= 0.6 is 0 Å². The van der Waals surface area contributed by atoms with E-state index in [4.69, 9.17) is 0 Å². The first-order valence-corrected chi connectivity index (χ1v) is 7.15. The van der Waals surface area contributed by atoms with Crippen LogP contribution < -0.4 is 0 Å². The Morgan fingerprint density at radius 3 is 1.89 bits per heavy atom. The molecule has 0 aliphatic carbocycles. The van der Waals surface area contributed by atoms with Crippen LogP contribution in [0, 0.1) is 0 Å². The number of hydrogen-bond donors (Lipinski definition) is 0. The number of nitrogens with zero attached hydrogens (tertiary/aromatic N) is 2. The van der Waals surface area contributed by atoms with E-state index in [1.165, 1.54) is 0 Å². The third-order valence-corrected chi connectivity index (χ3v) is 4.46. The zero-order valence-corrected chi connectivity index (χ0v) is 11.9. The molecule has 0 aromatic carbocycles. The van der Waals surface area contributed by atoms with Crippen molar-refractivity contribution in [1.82, 2.24) is 9.80 Å². The Bertz CT molecular complexity index is 268. The zero-order valence-electron chi connectivity index (χ0n) is 11.9. The molecule has 0 aromatic rings. The van der Waals surface area contributed by atoms with E-state index < -0.39 is 5.92 Å². The maximum Gasteiger partial charge on any atom is 0.250 e. The van der Waals surface area contributed by atoms with Crippen LogP contribution in [0.5, 0.6) is 0 Å². The molecule has 4 heteroatoms. The van der Waals surface area contributed by atoms with Crippen molar-refractivity contribution in [2.45, 2.75) is 64.0 Å². The van der Waals surface area contributed by atoms with Crippen molar-refractivity contribution in [2.75, 3.05) is 26.2 Å². The van der Waals surface area contributed by atoms with Gasteiger partial charge in [0.2, 0.25) is 0 Å². The lowest BCUT2D eigenvalue weighted by Crippen LogP contribution is -2.53. The molecule has 0 bridgehead atoms. The van der Waals surface area contributed by atoms with Gasteiger partial charge in [0.05, 0.1) is 0 Å². The van der Waals surface area contributed by atoms with Crippen molar-refractivity contribution in [3.05, 3.63) is 0 Å². The largest absolute Gasteiger partial charge is 0.300 e. The summed E-state index contributed by atoms with van der Waals surface area (Å²) in [5, 5.41) is 0. The fraction of sp³-hybridized carbons (Fsp3) is 1.00. The van der Waals surface area contributed by atoms with Gasteiger partial charge in [-0.3, -0.25) is 9.80 Å². The fourth-order valence-electron chi connectivity index (χ4n) is 3.12. The van der Waals surface area contributed by atoms with Crippen LogP contribution in [0.4, 0.5) is 8.78 Å². The smallest absolute Gasteiger partial charge is 0.250 e. The van der Waals surface area contributed by atoms with Gasteiger partial charge in [0.25, 0.3) is 5.92 Å². The minimum Gasteiger partial charge on any atom is -0.300 e. The number of hydrogen-bond acceptors (Lipinski definition) is 2. The van der Waals surface area contributed by atoms with Gasteiger partial charge in [0.15, 0.2) is 0 Å². The van der Waals surface area contributed by atoms with Gasteiger partial charge in [-0.15, -0.1) is 0 Å². The predicted molar refractivity (Wildman–Crippen MR) is 70.1 cm³/mol. The van der Waals surface area contributed by atoms with Crippen LogP contribution in [0.1, 0.15) is 46.5 Å². The van der Waals surface area contributed by atoms with Crippen molar-refractivity contribution < 1.29 is 8.78 Å². The van der Waals surface area contributed by atoms with Crippen molar-refractivity contribution in [3.8, 4) is 0 Å². The van der Waals surface area contributed by atoms with E-state index in [-0.39, 0.29) is 18.4 Å². The summed E-state index contributed by atoms with van der Waals surface area (Å²) in [6.45, 7) is 10.1. The average Bonchev–Trinajstić information content (AvgIpc) is 2.28. The highest BCUT2D eigenvalue weighted by molar-refractivity contribution is 4.88. The molecule has 18 heavy (non-hydrogen) atoms. The van der Waals surface area contributed by atoms with Gasteiger partial charge in [-0.2, -0.15) is 0 Å². The minimum atomic E-state index is -2.41. The van der Waals surface area contributed by atoms with Gasteiger partial charge in [-0.1, -0.05) is 0 Å². The van der Waals surface area contributed by atoms with E-state index >= 15 is 0 Å². The van der Waals surface area contributed by atoms with Gasteiger partial charge >= 0.3 is 0 Å². The molecule has 0 spiro atoms. The van der Waals surface area contributed by atoms with Crippen molar-refractivity contribution in [1.29, 1.82) is 0 Å². The normalized spacial score (nSPS) is 28.5. The topological polar surface area (TPSA) is 6.48 Å². The second-order valence-corrected chi connectivity index (χ2v) is 6.78. The highest BCUT2D eigenvalue weighted by atomic mass is 19.3. The Morgan fingerprint density at radius 1 is 0.944 bits per heavy atom. The molecule has 2 nitrogen and oxygen atoms in total. The van der Waals surface area contributed by atoms with Gasteiger partial charge < -0.3 is 0 Å². The zero-order chi connectivity index (χ0) is 13.4. The molecule has 2 saturated heterocycles. The molecule has 106 valence electrons. The molecular formula is C14H26F2N2. The monoisotopic (exact) mass is 260 g/mol. The first-order chi connectivity index (χ1) is 8.28. The molecule has 0 unspecified atom stereocenters. The molecule has 2 rings (SSSR count). The second-order valence-electron chi connectivity index (χ2n) is 6.78. The van der Waals surface area contributed by atoms with Gasteiger partial charge in [0.1, 0.15) is 0 Å². The van der Waals surface area contributed by atoms with E-state index in [1.54, 1.807) is 0 Å². The summed E-state index contributed by atoms with van der Waals surface area (Å²) >= 11 is 0. The Hall–Kier alpha value is -0.220. The van der Waals surface area contributed by atoms with Crippen molar-refractivity contribution in [2.24, 2.45) is 0 Å². The number of likely N-dealkylation sites (tertiary alicyclic amines) is 2. The lowest BCUT2D eigenvalue weighted by atomic mass is 9.95. The maximum atomic E-state index is 13.1. The number of halogens is 2. The quantitative estimate of drug-likeness (QED) is 0.715. The maximum absolute atomic E-state index is 13.1. The summed E-state index contributed by atoms with van der Waals surface area (Å²) in [7, 11) is 0. The highest BCUT2D eigenvalue weighted by Crippen LogP contribution is 2.31. The Balaban J connectivity index is 1.80. The Kier molecular flexibility index (Phi) is 3.98. The highest BCUT2D eigenvalue weighted by Gasteiger charge is 2.37. The first-order valence-electron chi connectivity index (χ1n) is 7.15. The first kappa shape index (κ1) is 14.2. The van der Waals surface area contributed by atoms with Crippen LogP contribution in [0.2, 0.25) is 0 Å². The van der Waals surface area contributed by atoms with Crippen LogP contribution in [-0.2, 0) is 0 Å². The second kappa shape index (κ2) is 5.04. The van der Waals surface area contributed by atoms with E-state index in [0.29, 0.717) is 19.1 Å². The lowest BCUT2D eigenvalue weighted by Gasteiger charge is -2.45. The summed E-state index contributed by atoms with van der Waals surface area (Å²) in [5.74, 6) is -2.41. The van der Waals surface area contributed by atoms with Gasteiger partial charge in [-0.25, -0.2) is 8.78 Å². The summed E-state index contributed by atoms with van der Waals surface area (Å²) in [6.07, 6.45) is 2.35. The molecular weight excluding hydrogens is 234 g/mol. The van der Waals surface area contributed by atoms with Crippen LogP contribution in [0.15, 0.2) is 0 Å². The molecule has 0 saturated carbocycles. The Labute approximate surface area is 109 Å². The third kappa shape index (κ3) is 3.41. The fourth-order valence-corrected chi connectivity index (χ4v) is 3.12. The van der Waals surface area contributed by atoms with E-state index in [1.807, 2.05) is 0 Å². The van der Waals surface area contributed by atoms with Gasteiger partial charge in [0, 0.05) is 50.6 Å². The molecule has 0 N–H and O–H groups in total. The van der Waals surface area contributed by atoms with Gasteiger partial charge in [-0.05, 0) is 33.6 Å². The van der Waals surface area contributed by atoms with Crippen molar-refractivity contribution >= 4 is 0 Å². The van der Waals surface area contributed by atoms with Crippen LogP contribution in [-0.4, -0.2) is 53.5 Å². The molecule has 2 fully saturated rings. The average molecular weight is 260 g/mol. The molecule has 0 amide bonds. The SMILES string of the molecule is CC(C)(C)N1CCC(N2CCC(F)(F)CC2)CC1. The molecule has 2 aliphatic rings. The summed E-state index contributed by atoms with van der Waals surface area (Å²) < 4.78 is 26.3. The summed E-state index contributed by atoms with van der Waals surface area (Å²) in [4.78, 5) is 4.79. The van der Waals surface area contributed by atoms with E-state index in [9.17, 15) is 8.78 Å². The van der Waals surface area contributed by atoms with Crippen LogP contribution in [0.25, 0.3) is 0 Å². The lowest BCUT2D eigenvalue weighted by molar-refractivity contribution is -0.0694. The standard InChI is InChI=1S/C14H26F2N2/c1-13(2,3)18-8-4-12(5-9-18)17-10-6-14(15,16)7-11-17/h12H,4-11H2,1-3H3. The van der Waals surface area contributed by atoms with Crippen LogP contribution in [0.3, 0.4) is 0 Å². The Morgan fingerprint density at radius 2 is 1.44 bits per heavy atom. The molecule has 2 aliphatic heterocycles. The number of alkyl halides is 2. The van der Waals surface area contributed by atoms with Crippen molar-refractivity contribution in [3.63, 3.8) is 0 Å². The molecule has 0 radical (unpaired) electrons. The minimum absolute atomic E-state index is 0.0481.